The Morgan fingerprint density at radius 2 is 1.91 bits per heavy atom. The molecule has 0 spiro atoms. The predicted octanol–water partition coefficient (Wildman–Crippen LogP) is 6.27. The Hall–Kier alpha value is -2.77. The summed E-state index contributed by atoms with van der Waals surface area (Å²) in [4.78, 5) is 26.7. The van der Waals surface area contributed by atoms with Crippen LogP contribution in [0, 0.1) is 0 Å². The van der Waals surface area contributed by atoms with Crippen molar-refractivity contribution in [1.82, 2.24) is 0 Å². The maximum absolute atomic E-state index is 12.8. The summed E-state index contributed by atoms with van der Waals surface area (Å²) in [6.45, 7) is 2.48. The van der Waals surface area contributed by atoms with Gasteiger partial charge >= 0.3 is 5.97 Å². The Labute approximate surface area is 195 Å². The molecular formula is C24H24ClNO5S. The van der Waals surface area contributed by atoms with Gasteiger partial charge in [0.05, 0.1) is 12.2 Å². The van der Waals surface area contributed by atoms with Crippen molar-refractivity contribution in [2.75, 3.05) is 11.9 Å². The smallest absolute Gasteiger partial charge is 0.341 e. The van der Waals surface area contributed by atoms with E-state index in [0.29, 0.717) is 33.7 Å². The van der Waals surface area contributed by atoms with Crippen LogP contribution in [0.3, 0.4) is 0 Å². The molecule has 1 aliphatic carbocycles. The molecule has 0 unspecified atom stereocenters. The molecule has 1 aromatic carbocycles. The fourth-order valence-electron chi connectivity index (χ4n) is 3.56. The lowest BCUT2D eigenvalue weighted by Crippen LogP contribution is -2.15. The van der Waals surface area contributed by atoms with Crippen molar-refractivity contribution >= 4 is 39.8 Å². The zero-order valence-electron chi connectivity index (χ0n) is 17.7. The van der Waals surface area contributed by atoms with E-state index >= 15 is 0 Å². The summed E-state index contributed by atoms with van der Waals surface area (Å²) >= 11 is 7.33. The van der Waals surface area contributed by atoms with Gasteiger partial charge in [0.15, 0.2) is 5.76 Å². The minimum absolute atomic E-state index is 0.152. The van der Waals surface area contributed by atoms with E-state index < -0.39 is 5.91 Å². The molecule has 1 amide bonds. The van der Waals surface area contributed by atoms with Crippen LogP contribution < -0.4 is 10.1 Å². The number of furan rings is 1. The minimum atomic E-state index is -0.411. The van der Waals surface area contributed by atoms with E-state index in [1.54, 1.807) is 36.4 Å². The molecule has 0 atom stereocenters. The summed E-state index contributed by atoms with van der Waals surface area (Å²) in [6, 6.07) is 10.3. The first-order chi connectivity index (χ1) is 15.5. The van der Waals surface area contributed by atoms with Crippen LogP contribution in [0.1, 0.15) is 63.3 Å². The minimum Gasteiger partial charge on any atom is -0.486 e. The average molecular weight is 474 g/mol. The monoisotopic (exact) mass is 473 g/mol. The number of esters is 1. The molecule has 1 N–H and O–H groups in total. The third-order valence-corrected chi connectivity index (χ3v) is 6.58. The molecule has 4 rings (SSSR count). The van der Waals surface area contributed by atoms with Gasteiger partial charge in [-0.1, -0.05) is 18.5 Å². The van der Waals surface area contributed by atoms with Crippen molar-refractivity contribution in [2.24, 2.45) is 0 Å². The van der Waals surface area contributed by atoms with Crippen LogP contribution in [-0.2, 0) is 24.2 Å². The van der Waals surface area contributed by atoms with Crippen LogP contribution in [0.2, 0.25) is 5.02 Å². The number of ether oxygens (including phenoxy) is 2. The Morgan fingerprint density at radius 1 is 1.12 bits per heavy atom. The molecule has 32 heavy (non-hydrogen) atoms. The van der Waals surface area contributed by atoms with Gasteiger partial charge in [-0.05, 0) is 74.1 Å². The molecule has 3 aromatic rings. The van der Waals surface area contributed by atoms with Gasteiger partial charge in [0.25, 0.3) is 5.91 Å². The first-order valence-electron chi connectivity index (χ1n) is 10.6. The highest BCUT2D eigenvalue weighted by molar-refractivity contribution is 7.17. The summed E-state index contributed by atoms with van der Waals surface area (Å²) in [5.74, 6) is 0.525. The Balaban J connectivity index is 1.46. The summed E-state index contributed by atoms with van der Waals surface area (Å²) in [7, 11) is 0. The molecular weight excluding hydrogens is 450 g/mol. The lowest BCUT2D eigenvalue weighted by atomic mass is 9.95. The number of halogens is 1. The molecule has 6 nitrogen and oxygen atoms in total. The molecule has 8 heteroatoms. The summed E-state index contributed by atoms with van der Waals surface area (Å²) in [6.07, 6.45) is 4.59. The van der Waals surface area contributed by atoms with Crippen LogP contribution in [0.4, 0.5) is 5.00 Å². The van der Waals surface area contributed by atoms with Gasteiger partial charge in [0.2, 0.25) is 0 Å². The highest BCUT2D eigenvalue weighted by Gasteiger charge is 2.28. The Bertz CT molecular complexity index is 1100. The maximum Gasteiger partial charge on any atom is 0.341 e. The first kappa shape index (κ1) is 22.4. The molecule has 168 valence electrons. The van der Waals surface area contributed by atoms with E-state index in [9.17, 15) is 9.59 Å². The first-order valence-corrected chi connectivity index (χ1v) is 11.8. The van der Waals surface area contributed by atoms with E-state index in [2.05, 4.69) is 5.32 Å². The predicted molar refractivity (Wildman–Crippen MR) is 124 cm³/mol. The highest BCUT2D eigenvalue weighted by Crippen LogP contribution is 2.39. The number of aryl methyl sites for hydroxylation is 1. The van der Waals surface area contributed by atoms with E-state index in [1.165, 1.54) is 11.3 Å². The standard InChI is InChI=1S/C24H24ClNO5S/c1-2-13-29-24(28)21-18-5-3-4-6-20(18)32-23(21)26-22(27)19-12-11-17(31-19)14-30-16-9-7-15(25)8-10-16/h7-12H,2-6,13-14H2,1H3,(H,26,27). The summed E-state index contributed by atoms with van der Waals surface area (Å²) in [5, 5.41) is 4.02. The summed E-state index contributed by atoms with van der Waals surface area (Å²) in [5.41, 5.74) is 1.50. The maximum atomic E-state index is 12.8. The number of carbonyl (C=O) groups excluding carboxylic acids is 2. The highest BCUT2D eigenvalue weighted by atomic mass is 35.5. The topological polar surface area (TPSA) is 77.8 Å². The van der Waals surface area contributed by atoms with Crippen molar-refractivity contribution in [2.45, 2.75) is 45.6 Å². The molecule has 2 heterocycles. The third kappa shape index (κ3) is 5.16. The summed E-state index contributed by atoms with van der Waals surface area (Å²) < 4.78 is 16.7. The van der Waals surface area contributed by atoms with E-state index in [4.69, 9.17) is 25.5 Å². The van der Waals surface area contributed by atoms with Crippen molar-refractivity contribution in [3.8, 4) is 5.75 Å². The van der Waals surface area contributed by atoms with Crippen LogP contribution in [0.25, 0.3) is 0 Å². The molecule has 0 fully saturated rings. The molecule has 2 aromatic heterocycles. The average Bonchev–Trinajstić information content (AvgIpc) is 3.41. The number of carbonyl (C=O) groups is 2. The second-order valence-electron chi connectivity index (χ2n) is 7.51. The number of hydrogen-bond acceptors (Lipinski definition) is 6. The van der Waals surface area contributed by atoms with Gasteiger partial charge in [0.1, 0.15) is 23.1 Å². The Kier molecular flexibility index (Phi) is 7.17. The van der Waals surface area contributed by atoms with E-state index in [1.807, 2.05) is 6.92 Å². The zero-order chi connectivity index (χ0) is 22.5. The van der Waals surface area contributed by atoms with Crippen molar-refractivity contribution in [1.29, 1.82) is 0 Å². The SMILES string of the molecule is CCCOC(=O)c1c(NC(=O)c2ccc(COc3ccc(Cl)cc3)o2)sc2c1CCCC2. The normalized spacial score (nSPS) is 12.8. The number of amides is 1. The molecule has 0 bridgehead atoms. The molecule has 0 aliphatic heterocycles. The second kappa shape index (κ2) is 10.2. The van der Waals surface area contributed by atoms with Crippen LogP contribution in [0.5, 0.6) is 5.75 Å². The number of hydrogen-bond donors (Lipinski definition) is 1. The van der Waals surface area contributed by atoms with Gasteiger partial charge in [-0.3, -0.25) is 4.79 Å². The van der Waals surface area contributed by atoms with E-state index in [-0.39, 0.29) is 18.3 Å². The largest absolute Gasteiger partial charge is 0.486 e. The van der Waals surface area contributed by atoms with Crippen molar-refractivity contribution in [3.63, 3.8) is 0 Å². The van der Waals surface area contributed by atoms with Gasteiger partial charge in [-0.15, -0.1) is 11.3 Å². The van der Waals surface area contributed by atoms with Crippen molar-refractivity contribution < 1.29 is 23.5 Å². The van der Waals surface area contributed by atoms with Gasteiger partial charge in [0, 0.05) is 9.90 Å². The number of rotatable bonds is 8. The van der Waals surface area contributed by atoms with Gasteiger partial charge in [-0.2, -0.15) is 0 Å². The lowest BCUT2D eigenvalue weighted by molar-refractivity contribution is 0.0505. The lowest BCUT2D eigenvalue weighted by Gasteiger charge is -2.12. The number of nitrogens with one attached hydrogen (secondary N) is 1. The number of benzene rings is 1. The molecule has 0 saturated heterocycles. The molecule has 0 saturated carbocycles. The van der Waals surface area contributed by atoms with Crippen LogP contribution >= 0.6 is 22.9 Å². The fourth-order valence-corrected chi connectivity index (χ4v) is 4.96. The second-order valence-corrected chi connectivity index (χ2v) is 9.06. The molecule has 0 radical (unpaired) electrons. The fraction of sp³-hybridized carbons (Fsp3) is 0.333. The van der Waals surface area contributed by atoms with Crippen molar-refractivity contribution in [3.05, 3.63) is 68.9 Å². The van der Waals surface area contributed by atoms with Crippen LogP contribution in [-0.4, -0.2) is 18.5 Å². The third-order valence-electron chi connectivity index (χ3n) is 5.12. The van der Waals surface area contributed by atoms with E-state index in [0.717, 1.165) is 42.5 Å². The van der Waals surface area contributed by atoms with Gasteiger partial charge in [-0.25, -0.2) is 4.79 Å². The van der Waals surface area contributed by atoms with Crippen LogP contribution in [0.15, 0.2) is 40.8 Å². The molecule has 1 aliphatic rings. The van der Waals surface area contributed by atoms with Gasteiger partial charge < -0.3 is 19.2 Å². The zero-order valence-corrected chi connectivity index (χ0v) is 19.3. The number of anilines is 1. The number of fused-ring (bicyclic) bond motifs is 1. The Morgan fingerprint density at radius 3 is 2.69 bits per heavy atom. The number of thiophene rings is 1. The quantitative estimate of drug-likeness (QED) is 0.390.